The average Bonchev–Trinajstić information content (AvgIpc) is 3.40. The number of nitrogens with zero attached hydrogens (tertiary/aromatic N) is 6. The fourth-order valence-corrected chi connectivity index (χ4v) is 5.31. The third kappa shape index (κ3) is 5.85. The van der Waals surface area contributed by atoms with E-state index in [9.17, 15) is 9.18 Å². The van der Waals surface area contributed by atoms with Gasteiger partial charge in [-0.3, -0.25) is 4.40 Å². The van der Waals surface area contributed by atoms with Crippen molar-refractivity contribution in [1.82, 2.24) is 29.6 Å². The first-order valence-electron chi connectivity index (χ1n) is 13.5. The summed E-state index contributed by atoms with van der Waals surface area (Å²) in [4.78, 5) is 30.8. The Labute approximate surface area is 226 Å². The molecule has 2 fully saturated rings. The van der Waals surface area contributed by atoms with Crippen LogP contribution in [0.2, 0.25) is 0 Å². The van der Waals surface area contributed by atoms with Crippen LogP contribution in [0.25, 0.3) is 17.2 Å². The van der Waals surface area contributed by atoms with Gasteiger partial charge in [-0.25, -0.2) is 24.1 Å². The third-order valence-corrected chi connectivity index (χ3v) is 7.43. The van der Waals surface area contributed by atoms with Crippen molar-refractivity contribution in [3.05, 3.63) is 78.0 Å². The number of rotatable bonds is 6. The maximum absolute atomic E-state index is 14.1. The van der Waals surface area contributed by atoms with Crippen LogP contribution < -0.4 is 10.2 Å². The number of hydrogen-bond donors (Lipinski definition) is 1. The van der Waals surface area contributed by atoms with Gasteiger partial charge in [0.05, 0.1) is 6.20 Å². The smallest absolute Gasteiger partial charge is 0.410 e. The highest BCUT2D eigenvalue weighted by Gasteiger charge is 2.25. The number of piperidine rings is 1. The fourth-order valence-electron chi connectivity index (χ4n) is 5.31. The highest BCUT2D eigenvalue weighted by Crippen LogP contribution is 2.25. The summed E-state index contributed by atoms with van der Waals surface area (Å²) < 4.78 is 21.3. The van der Waals surface area contributed by atoms with E-state index in [1.165, 1.54) is 12.3 Å². The SMILES string of the molecule is O=C(OCc1ccccc1)N1CCN(c2cc(C[C@@H]3CCCNC3)nc(-c3cnc4ccc(F)cn34)n2)CC1. The monoisotopic (exact) mass is 529 g/mol. The number of nitrogens with one attached hydrogen (secondary N) is 1. The second-order valence-corrected chi connectivity index (χ2v) is 10.2. The van der Waals surface area contributed by atoms with Gasteiger partial charge >= 0.3 is 6.09 Å². The van der Waals surface area contributed by atoms with Crippen LogP contribution in [0.4, 0.5) is 15.0 Å². The molecule has 0 aliphatic carbocycles. The van der Waals surface area contributed by atoms with E-state index in [1.54, 1.807) is 21.6 Å². The number of benzene rings is 1. The molecule has 0 saturated carbocycles. The number of carbonyl (C=O) groups is 1. The lowest BCUT2D eigenvalue weighted by atomic mass is 9.94. The number of piperazine rings is 1. The number of pyridine rings is 1. The molecule has 1 amide bonds. The van der Waals surface area contributed by atoms with Gasteiger partial charge in [-0.2, -0.15) is 0 Å². The summed E-state index contributed by atoms with van der Waals surface area (Å²) >= 11 is 0. The largest absolute Gasteiger partial charge is 0.445 e. The predicted octanol–water partition coefficient (Wildman–Crippen LogP) is 3.93. The summed E-state index contributed by atoms with van der Waals surface area (Å²) in [6.45, 7) is 4.62. The van der Waals surface area contributed by atoms with Crippen molar-refractivity contribution in [3.8, 4) is 11.5 Å². The number of imidazole rings is 1. The topological polar surface area (TPSA) is 87.9 Å². The minimum absolute atomic E-state index is 0.258. The molecular weight excluding hydrogens is 497 g/mol. The predicted molar refractivity (Wildman–Crippen MR) is 146 cm³/mol. The van der Waals surface area contributed by atoms with Crippen LogP contribution >= 0.6 is 0 Å². The van der Waals surface area contributed by atoms with E-state index < -0.39 is 0 Å². The molecule has 2 saturated heterocycles. The number of halogens is 1. The van der Waals surface area contributed by atoms with Gasteiger partial charge in [-0.15, -0.1) is 0 Å². The van der Waals surface area contributed by atoms with Crippen LogP contribution in [0.3, 0.4) is 0 Å². The number of amides is 1. The van der Waals surface area contributed by atoms with E-state index in [0.29, 0.717) is 49.3 Å². The Kier molecular flexibility index (Phi) is 7.36. The van der Waals surface area contributed by atoms with Crippen LogP contribution in [0, 0.1) is 11.7 Å². The molecule has 10 heteroatoms. The molecule has 0 bridgehead atoms. The average molecular weight is 530 g/mol. The molecule has 202 valence electrons. The Hall–Kier alpha value is -4.05. The van der Waals surface area contributed by atoms with Gasteiger partial charge < -0.3 is 19.9 Å². The summed E-state index contributed by atoms with van der Waals surface area (Å²) in [6, 6.07) is 14.8. The second-order valence-electron chi connectivity index (χ2n) is 10.2. The van der Waals surface area contributed by atoms with Crippen molar-refractivity contribution in [3.63, 3.8) is 0 Å². The molecule has 4 aromatic rings. The minimum atomic E-state index is -0.346. The van der Waals surface area contributed by atoms with Crippen molar-refractivity contribution >= 4 is 17.6 Å². The van der Waals surface area contributed by atoms with E-state index >= 15 is 0 Å². The zero-order valence-corrected chi connectivity index (χ0v) is 21.8. The van der Waals surface area contributed by atoms with Gasteiger partial charge in [0.1, 0.15) is 29.6 Å². The molecule has 1 aromatic carbocycles. The van der Waals surface area contributed by atoms with Crippen LogP contribution in [0.15, 0.2) is 60.9 Å². The number of aromatic nitrogens is 4. The van der Waals surface area contributed by atoms with E-state index in [4.69, 9.17) is 14.7 Å². The Balaban J connectivity index is 1.21. The molecule has 0 unspecified atom stereocenters. The van der Waals surface area contributed by atoms with Gasteiger partial charge in [0.25, 0.3) is 0 Å². The standard InChI is InChI=1S/C29H32FN7O2/c30-23-8-9-26-32-18-25(37(26)19-23)28-33-24(15-22-7-4-10-31-17-22)16-27(34-28)35-11-13-36(14-12-35)29(38)39-20-21-5-2-1-3-6-21/h1-3,5-6,8-9,16,18-19,22,31H,4,7,10-15,17,20H2/t22-/m0/s1. The van der Waals surface area contributed by atoms with Gasteiger partial charge in [-0.1, -0.05) is 30.3 Å². The Morgan fingerprint density at radius 1 is 1.08 bits per heavy atom. The maximum Gasteiger partial charge on any atom is 0.410 e. The highest BCUT2D eigenvalue weighted by atomic mass is 19.1. The highest BCUT2D eigenvalue weighted by molar-refractivity contribution is 5.68. The van der Waals surface area contributed by atoms with E-state index in [-0.39, 0.29) is 18.5 Å². The molecule has 39 heavy (non-hydrogen) atoms. The molecule has 0 radical (unpaired) electrons. The van der Waals surface area contributed by atoms with E-state index in [1.807, 2.05) is 30.3 Å². The van der Waals surface area contributed by atoms with Gasteiger partial charge in [0.15, 0.2) is 5.82 Å². The van der Waals surface area contributed by atoms with Crippen LogP contribution in [-0.2, 0) is 17.8 Å². The molecule has 9 nitrogen and oxygen atoms in total. The number of hydrogen-bond acceptors (Lipinski definition) is 7. The molecule has 1 N–H and O–H groups in total. The Morgan fingerprint density at radius 2 is 1.92 bits per heavy atom. The molecular formula is C29H32FN7O2. The Morgan fingerprint density at radius 3 is 2.72 bits per heavy atom. The lowest BCUT2D eigenvalue weighted by molar-refractivity contribution is 0.0941. The van der Waals surface area contributed by atoms with Crippen LogP contribution in [-0.4, -0.2) is 69.6 Å². The molecule has 1 atom stereocenters. The minimum Gasteiger partial charge on any atom is -0.445 e. The number of ether oxygens (including phenoxy) is 1. The van der Waals surface area contributed by atoms with Gasteiger partial charge in [0.2, 0.25) is 0 Å². The van der Waals surface area contributed by atoms with Crippen molar-refractivity contribution in [2.24, 2.45) is 5.92 Å². The normalized spacial score (nSPS) is 17.9. The number of fused-ring (bicyclic) bond motifs is 1. The lowest BCUT2D eigenvalue weighted by Crippen LogP contribution is -2.49. The quantitative estimate of drug-likeness (QED) is 0.405. The Bertz CT molecular complexity index is 1430. The second kappa shape index (κ2) is 11.4. The third-order valence-electron chi connectivity index (χ3n) is 7.43. The number of carbonyl (C=O) groups excluding carboxylic acids is 1. The zero-order chi connectivity index (χ0) is 26.6. The number of anilines is 1. The first-order valence-corrected chi connectivity index (χ1v) is 13.5. The van der Waals surface area contributed by atoms with Crippen molar-refractivity contribution < 1.29 is 13.9 Å². The molecule has 6 rings (SSSR count). The van der Waals surface area contributed by atoms with Crippen LogP contribution in [0.1, 0.15) is 24.1 Å². The van der Waals surface area contributed by atoms with Crippen molar-refractivity contribution in [1.29, 1.82) is 0 Å². The summed E-state index contributed by atoms with van der Waals surface area (Å²) in [5, 5.41) is 3.48. The first-order chi connectivity index (χ1) is 19.1. The summed E-state index contributed by atoms with van der Waals surface area (Å²) in [5.74, 6) is 1.49. The molecule has 2 aliphatic rings. The lowest BCUT2D eigenvalue weighted by Gasteiger charge is -2.35. The van der Waals surface area contributed by atoms with Gasteiger partial charge in [0, 0.05) is 44.1 Å². The molecule has 0 spiro atoms. The van der Waals surface area contributed by atoms with E-state index in [0.717, 1.165) is 49.4 Å². The van der Waals surface area contributed by atoms with Gasteiger partial charge in [-0.05, 0) is 56.0 Å². The maximum atomic E-state index is 14.1. The van der Waals surface area contributed by atoms with Crippen LogP contribution in [0.5, 0.6) is 0 Å². The molecule has 2 aliphatic heterocycles. The first kappa shape index (κ1) is 25.2. The molecule has 3 aromatic heterocycles. The molecule has 5 heterocycles. The summed E-state index contributed by atoms with van der Waals surface area (Å²) in [5.41, 5.74) is 3.21. The van der Waals surface area contributed by atoms with Crippen molar-refractivity contribution in [2.75, 3.05) is 44.2 Å². The fraction of sp³-hybridized carbons (Fsp3) is 0.379. The van der Waals surface area contributed by atoms with E-state index in [2.05, 4.69) is 21.3 Å². The van der Waals surface area contributed by atoms with Crippen molar-refractivity contribution in [2.45, 2.75) is 25.9 Å². The zero-order valence-electron chi connectivity index (χ0n) is 21.8. The summed E-state index contributed by atoms with van der Waals surface area (Å²) in [7, 11) is 0. The summed E-state index contributed by atoms with van der Waals surface area (Å²) in [6.07, 6.45) is 5.96.